The minimum absolute atomic E-state index is 0.135. The lowest BCUT2D eigenvalue weighted by molar-refractivity contribution is -0.128. The number of anilines is 1. The lowest BCUT2D eigenvalue weighted by atomic mass is 9.80. The first-order valence-electron chi connectivity index (χ1n) is 7.26. The van der Waals surface area contributed by atoms with Crippen molar-refractivity contribution in [1.82, 2.24) is 9.88 Å². The number of aromatic nitrogens is 1. The summed E-state index contributed by atoms with van der Waals surface area (Å²) in [6.07, 6.45) is 0.603. The van der Waals surface area contributed by atoms with Gasteiger partial charge in [-0.15, -0.1) is 0 Å². The summed E-state index contributed by atoms with van der Waals surface area (Å²) in [5.74, 6) is 1.09. The van der Waals surface area contributed by atoms with Crippen LogP contribution < -0.4 is 5.73 Å². The highest BCUT2D eigenvalue weighted by Gasteiger charge is 2.37. The van der Waals surface area contributed by atoms with Crippen molar-refractivity contribution in [2.75, 3.05) is 12.3 Å². The number of carbonyl (C=O) groups excluding carboxylic acids is 1. The third kappa shape index (κ3) is 2.60. The molecule has 0 aliphatic carbocycles. The number of rotatable bonds is 2. The number of nitrogens with two attached hydrogens (primary N) is 1. The van der Waals surface area contributed by atoms with Gasteiger partial charge in [0.05, 0.1) is 12.2 Å². The molecular weight excluding hydrogens is 266 g/mol. The molecule has 0 saturated carbocycles. The Morgan fingerprint density at radius 3 is 2.81 bits per heavy atom. The van der Waals surface area contributed by atoms with Gasteiger partial charge in [-0.25, -0.2) is 4.98 Å². The van der Waals surface area contributed by atoms with Crippen molar-refractivity contribution in [3.05, 3.63) is 24.1 Å². The third-order valence-electron chi connectivity index (χ3n) is 4.26. The number of nitrogens with zero attached hydrogens (tertiary/aromatic N) is 2. The molecule has 2 N–H and O–H groups in total. The first-order valence-corrected chi connectivity index (χ1v) is 7.26. The summed E-state index contributed by atoms with van der Waals surface area (Å²) in [6, 6.07) is 5.47. The molecule has 1 unspecified atom stereocenters. The van der Waals surface area contributed by atoms with Crippen LogP contribution in [0.25, 0.3) is 11.1 Å². The fraction of sp³-hybridized carbons (Fsp3) is 0.500. The fourth-order valence-corrected chi connectivity index (χ4v) is 2.75. The summed E-state index contributed by atoms with van der Waals surface area (Å²) < 4.78 is 5.69. The third-order valence-corrected chi connectivity index (χ3v) is 4.26. The van der Waals surface area contributed by atoms with Crippen LogP contribution in [0, 0.1) is 11.3 Å². The first kappa shape index (κ1) is 13.9. The number of amides is 1. The van der Waals surface area contributed by atoms with Crippen molar-refractivity contribution < 1.29 is 9.21 Å². The molecule has 0 spiro atoms. The first-order chi connectivity index (χ1) is 9.84. The number of fused-ring (bicyclic) bond motifs is 1. The topological polar surface area (TPSA) is 72.4 Å². The summed E-state index contributed by atoms with van der Waals surface area (Å²) >= 11 is 0. The van der Waals surface area contributed by atoms with Gasteiger partial charge < -0.3 is 15.1 Å². The molecule has 5 nitrogen and oxygen atoms in total. The van der Waals surface area contributed by atoms with Gasteiger partial charge in [-0.05, 0) is 23.5 Å². The fourth-order valence-electron chi connectivity index (χ4n) is 2.75. The molecule has 2 heterocycles. The Kier molecular flexibility index (Phi) is 3.15. The van der Waals surface area contributed by atoms with Gasteiger partial charge in [0, 0.05) is 13.0 Å². The van der Waals surface area contributed by atoms with Crippen molar-refractivity contribution in [1.29, 1.82) is 0 Å². The van der Waals surface area contributed by atoms with Crippen LogP contribution in [0.4, 0.5) is 5.69 Å². The Labute approximate surface area is 124 Å². The lowest BCUT2D eigenvalue weighted by Crippen LogP contribution is -2.27. The van der Waals surface area contributed by atoms with Crippen molar-refractivity contribution >= 4 is 22.7 Å². The van der Waals surface area contributed by atoms with Crippen LogP contribution in [0.2, 0.25) is 0 Å². The summed E-state index contributed by atoms with van der Waals surface area (Å²) in [7, 11) is 0. The van der Waals surface area contributed by atoms with E-state index in [1.54, 1.807) is 6.07 Å². The molecule has 21 heavy (non-hydrogen) atoms. The van der Waals surface area contributed by atoms with Crippen molar-refractivity contribution in [3.63, 3.8) is 0 Å². The number of nitrogen functional groups attached to an aromatic ring is 1. The Hall–Kier alpha value is -2.04. The maximum atomic E-state index is 12.1. The monoisotopic (exact) mass is 287 g/mol. The molecule has 0 bridgehead atoms. The minimum atomic E-state index is 0.135. The number of likely N-dealkylation sites (tertiary alicyclic amines) is 1. The molecule has 1 atom stereocenters. The molecular formula is C16H21N3O2. The van der Waals surface area contributed by atoms with Crippen LogP contribution in [0.5, 0.6) is 0 Å². The van der Waals surface area contributed by atoms with Crippen LogP contribution in [0.1, 0.15) is 33.1 Å². The van der Waals surface area contributed by atoms with E-state index in [-0.39, 0.29) is 11.3 Å². The number of oxazole rings is 1. The van der Waals surface area contributed by atoms with E-state index in [1.165, 1.54) is 0 Å². The van der Waals surface area contributed by atoms with E-state index in [0.29, 0.717) is 41.6 Å². The molecule has 112 valence electrons. The molecule has 1 fully saturated rings. The van der Waals surface area contributed by atoms with Gasteiger partial charge in [-0.1, -0.05) is 26.8 Å². The van der Waals surface area contributed by atoms with Crippen LogP contribution in [0.15, 0.2) is 22.6 Å². The Morgan fingerprint density at radius 1 is 1.43 bits per heavy atom. The highest BCUT2D eigenvalue weighted by molar-refractivity contribution is 5.85. The van der Waals surface area contributed by atoms with E-state index in [4.69, 9.17) is 10.2 Å². The van der Waals surface area contributed by atoms with Crippen LogP contribution >= 0.6 is 0 Å². The summed E-state index contributed by atoms with van der Waals surface area (Å²) in [5.41, 5.74) is 7.96. The molecule has 5 heteroatoms. The number of hydrogen-bond donors (Lipinski definition) is 1. The zero-order valence-corrected chi connectivity index (χ0v) is 12.7. The van der Waals surface area contributed by atoms with E-state index in [1.807, 2.05) is 17.0 Å². The number of carbonyl (C=O) groups is 1. The molecule has 1 aromatic carbocycles. The molecule has 1 aliphatic rings. The normalized spacial score (nSPS) is 19.7. The number of benzene rings is 1. The molecule has 1 amide bonds. The van der Waals surface area contributed by atoms with Gasteiger partial charge >= 0.3 is 0 Å². The zero-order valence-electron chi connectivity index (χ0n) is 12.7. The molecule has 1 aliphatic heterocycles. The average Bonchev–Trinajstić information content (AvgIpc) is 2.95. The van der Waals surface area contributed by atoms with Gasteiger partial charge in [-0.3, -0.25) is 4.79 Å². The molecule has 2 aromatic rings. The summed E-state index contributed by atoms with van der Waals surface area (Å²) in [6.45, 7) is 7.70. The number of para-hydroxylation sites is 1. The van der Waals surface area contributed by atoms with E-state index in [0.717, 1.165) is 6.54 Å². The van der Waals surface area contributed by atoms with Gasteiger partial charge in [0.1, 0.15) is 5.52 Å². The SMILES string of the molecule is CC(C)(C)C1CC(=O)N(Cc2nc3c(N)cccc3o2)C1. The van der Waals surface area contributed by atoms with Crippen LogP contribution in [-0.4, -0.2) is 22.3 Å². The smallest absolute Gasteiger partial charge is 0.223 e. The standard InChI is InChI=1S/C16H21N3O2/c1-16(2,3)10-7-14(20)19(8-10)9-13-18-15-11(17)5-4-6-12(15)21-13/h4-6,10H,7-9,17H2,1-3H3. The Morgan fingerprint density at radius 2 is 2.19 bits per heavy atom. The van der Waals surface area contributed by atoms with E-state index in [9.17, 15) is 4.79 Å². The second-order valence-corrected chi connectivity index (χ2v) is 6.84. The Bertz CT molecular complexity index is 684. The highest BCUT2D eigenvalue weighted by atomic mass is 16.3. The minimum Gasteiger partial charge on any atom is -0.439 e. The van der Waals surface area contributed by atoms with Crippen molar-refractivity contribution in [2.45, 2.75) is 33.7 Å². The zero-order chi connectivity index (χ0) is 15.2. The predicted molar refractivity (Wildman–Crippen MR) is 81.4 cm³/mol. The largest absolute Gasteiger partial charge is 0.439 e. The van der Waals surface area contributed by atoms with Crippen molar-refractivity contribution in [3.8, 4) is 0 Å². The second-order valence-electron chi connectivity index (χ2n) is 6.84. The summed E-state index contributed by atoms with van der Waals surface area (Å²) in [4.78, 5) is 18.4. The van der Waals surface area contributed by atoms with Crippen LogP contribution in [0.3, 0.4) is 0 Å². The molecule has 1 aromatic heterocycles. The van der Waals surface area contributed by atoms with E-state index in [2.05, 4.69) is 25.8 Å². The van der Waals surface area contributed by atoms with Gasteiger partial charge in [-0.2, -0.15) is 0 Å². The van der Waals surface area contributed by atoms with Gasteiger partial charge in [0.15, 0.2) is 5.58 Å². The average molecular weight is 287 g/mol. The summed E-state index contributed by atoms with van der Waals surface area (Å²) in [5, 5.41) is 0. The lowest BCUT2D eigenvalue weighted by Gasteiger charge is -2.26. The van der Waals surface area contributed by atoms with Crippen LogP contribution in [-0.2, 0) is 11.3 Å². The predicted octanol–water partition coefficient (Wildman–Crippen LogP) is 2.80. The van der Waals surface area contributed by atoms with Gasteiger partial charge in [0.2, 0.25) is 11.8 Å². The van der Waals surface area contributed by atoms with Gasteiger partial charge in [0.25, 0.3) is 0 Å². The van der Waals surface area contributed by atoms with Crippen molar-refractivity contribution in [2.24, 2.45) is 11.3 Å². The molecule has 0 radical (unpaired) electrons. The Balaban J connectivity index is 1.79. The molecule has 3 rings (SSSR count). The second kappa shape index (κ2) is 4.76. The van der Waals surface area contributed by atoms with E-state index >= 15 is 0 Å². The maximum absolute atomic E-state index is 12.1. The maximum Gasteiger partial charge on any atom is 0.223 e. The highest BCUT2D eigenvalue weighted by Crippen LogP contribution is 2.35. The van der Waals surface area contributed by atoms with E-state index < -0.39 is 0 Å². The quantitative estimate of drug-likeness (QED) is 0.862. The molecule has 1 saturated heterocycles. The number of hydrogen-bond acceptors (Lipinski definition) is 4.